The fourth-order valence-electron chi connectivity index (χ4n) is 2.87. The normalized spacial score (nSPS) is 11.5. The average Bonchev–Trinajstić information content (AvgIpc) is 3.04. The van der Waals surface area contributed by atoms with E-state index < -0.39 is 0 Å². The highest BCUT2D eigenvalue weighted by Crippen LogP contribution is 2.26. The minimum atomic E-state index is 1.14. The maximum atomic E-state index is 3.32. The second-order valence-corrected chi connectivity index (χ2v) is 5.33. The average molecular weight is 262 g/mol. The molecule has 3 aromatic heterocycles. The smallest absolute Gasteiger partial charge is 0.286 e. The van der Waals surface area contributed by atoms with E-state index in [0.29, 0.717) is 0 Å². The van der Waals surface area contributed by atoms with E-state index >= 15 is 0 Å². The maximum absolute atomic E-state index is 3.32. The third-order valence-corrected chi connectivity index (χ3v) is 3.95. The van der Waals surface area contributed by atoms with Gasteiger partial charge in [0.2, 0.25) is 0 Å². The van der Waals surface area contributed by atoms with Crippen LogP contribution < -0.4 is 4.57 Å². The Kier molecular flexibility index (Phi) is 2.24. The molecule has 0 fully saturated rings. The van der Waals surface area contributed by atoms with Gasteiger partial charge in [-0.2, -0.15) is 0 Å². The van der Waals surface area contributed by atoms with E-state index in [4.69, 9.17) is 0 Å². The van der Waals surface area contributed by atoms with Crippen LogP contribution in [-0.4, -0.2) is 9.38 Å². The molecule has 0 amide bonds. The fourth-order valence-corrected chi connectivity index (χ4v) is 2.87. The van der Waals surface area contributed by atoms with Crippen molar-refractivity contribution in [1.29, 1.82) is 0 Å². The summed E-state index contributed by atoms with van der Waals surface area (Å²) in [5, 5.41) is 2.54. The zero-order chi connectivity index (χ0) is 13.7. The van der Waals surface area contributed by atoms with Gasteiger partial charge in [-0.1, -0.05) is 0 Å². The molecule has 1 aromatic carbocycles. The quantitative estimate of drug-likeness (QED) is 0.509. The van der Waals surface area contributed by atoms with E-state index in [1.54, 1.807) is 0 Å². The lowest BCUT2D eigenvalue weighted by atomic mass is 10.0. The molecule has 0 saturated heterocycles. The Morgan fingerprint density at radius 3 is 2.85 bits per heavy atom. The minimum Gasteiger partial charge on any atom is -0.323 e. The van der Waals surface area contributed by atoms with Gasteiger partial charge in [0.15, 0.2) is 0 Å². The molecule has 0 aliphatic heterocycles. The van der Waals surface area contributed by atoms with E-state index in [-0.39, 0.29) is 0 Å². The molecule has 0 unspecified atom stereocenters. The van der Waals surface area contributed by atoms with Crippen molar-refractivity contribution in [3.8, 4) is 11.4 Å². The van der Waals surface area contributed by atoms with Crippen LogP contribution in [0.15, 0.2) is 55.1 Å². The van der Waals surface area contributed by atoms with Crippen molar-refractivity contribution in [2.45, 2.75) is 6.92 Å². The molecule has 0 saturated carbocycles. The van der Waals surface area contributed by atoms with Crippen LogP contribution in [0.5, 0.6) is 0 Å². The summed E-state index contributed by atoms with van der Waals surface area (Å²) in [6.45, 7) is 2.16. The lowest BCUT2D eigenvalue weighted by Crippen LogP contribution is -2.27. The molecule has 0 bridgehead atoms. The van der Waals surface area contributed by atoms with Gasteiger partial charge in [-0.15, -0.1) is 0 Å². The van der Waals surface area contributed by atoms with Gasteiger partial charge in [0.05, 0.1) is 12.6 Å². The monoisotopic (exact) mass is 262 g/mol. The number of fused-ring (bicyclic) bond motifs is 2. The van der Waals surface area contributed by atoms with Crippen molar-refractivity contribution in [2.75, 3.05) is 0 Å². The van der Waals surface area contributed by atoms with Crippen molar-refractivity contribution in [3.05, 3.63) is 60.7 Å². The van der Waals surface area contributed by atoms with Crippen LogP contribution >= 0.6 is 0 Å². The van der Waals surface area contributed by atoms with Crippen LogP contribution in [0, 0.1) is 6.92 Å². The largest absolute Gasteiger partial charge is 0.323 e. The van der Waals surface area contributed by atoms with Crippen LogP contribution in [0.25, 0.3) is 27.7 Å². The summed E-state index contributed by atoms with van der Waals surface area (Å²) in [5.41, 5.74) is 3.76. The summed E-state index contributed by atoms with van der Waals surface area (Å²) < 4.78 is 4.28. The van der Waals surface area contributed by atoms with Gasteiger partial charge >= 0.3 is 0 Å². The van der Waals surface area contributed by atoms with Crippen molar-refractivity contribution in [3.63, 3.8) is 0 Å². The Balaban J connectivity index is 2.05. The molecule has 0 radical (unpaired) electrons. The summed E-state index contributed by atoms with van der Waals surface area (Å²) in [4.78, 5) is 3.32. The number of imidazole rings is 1. The summed E-state index contributed by atoms with van der Waals surface area (Å²) in [5.74, 6) is 1.14. The summed E-state index contributed by atoms with van der Waals surface area (Å²) in [7, 11) is 2.06. The molecule has 0 aliphatic carbocycles. The Hall–Kier alpha value is -2.55. The van der Waals surface area contributed by atoms with Gasteiger partial charge in [0, 0.05) is 17.9 Å². The molecular weight excluding hydrogens is 246 g/mol. The molecule has 4 aromatic rings. The number of hydrogen-bond acceptors (Lipinski definition) is 0. The SMILES string of the molecule is Cc1cc2cn3cccc3cc2cc1-c1[nH]cc[n+]1C. The third-order valence-electron chi connectivity index (χ3n) is 3.95. The predicted molar refractivity (Wildman–Crippen MR) is 80.6 cm³/mol. The fraction of sp³-hybridized carbons (Fsp3) is 0.118. The van der Waals surface area contributed by atoms with Gasteiger partial charge < -0.3 is 4.40 Å². The van der Waals surface area contributed by atoms with Crippen LogP contribution in [0.4, 0.5) is 0 Å². The van der Waals surface area contributed by atoms with E-state index in [0.717, 1.165) is 5.82 Å². The number of nitrogens with zero attached hydrogens (tertiary/aromatic N) is 2. The van der Waals surface area contributed by atoms with E-state index in [1.807, 2.05) is 12.4 Å². The lowest BCUT2D eigenvalue weighted by Gasteiger charge is -2.06. The highest BCUT2D eigenvalue weighted by molar-refractivity contribution is 5.90. The molecule has 3 nitrogen and oxygen atoms in total. The Morgan fingerprint density at radius 1 is 1.15 bits per heavy atom. The molecule has 3 heterocycles. The summed E-state index contributed by atoms with van der Waals surface area (Å²) in [6, 6.07) is 11.0. The zero-order valence-corrected chi connectivity index (χ0v) is 11.6. The first-order chi connectivity index (χ1) is 9.72. The molecule has 1 N–H and O–H groups in total. The maximum Gasteiger partial charge on any atom is 0.286 e. The second kappa shape index (κ2) is 3.97. The van der Waals surface area contributed by atoms with Crippen molar-refractivity contribution in [2.24, 2.45) is 7.05 Å². The molecular formula is C17H16N3+. The van der Waals surface area contributed by atoms with Crippen molar-refractivity contribution < 1.29 is 4.57 Å². The van der Waals surface area contributed by atoms with Crippen molar-refractivity contribution >= 4 is 16.3 Å². The van der Waals surface area contributed by atoms with Crippen LogP contribution in [0.1, 0.15) is 5.56 Å². The summed E-state index contributed by atoms with van der Waals surface area (Å²) >= 11 is 0. The first-order valence-corrected chi connectivity index (χ1v) is 6.77. The van der Waals surface area contributed by atoms with E-state index in [2.05, 4.69) is 70.6 Å². The Morgan fingerprint density at radius 2 is 2.05 bits per heavy atom. The number of hydrogen-bond donors (Lipinski definition) is 1. The first-order valence-electron chi connectivity index (χ1n) is 6.77. The number of nitrogens with one attached hydrogen (secondary N) is 1. The van der Waals surface area contributed by atoms with Crippen LogP contribution in [-0.2, 0) is 7.05 Å². The molecule has 0 spiro atoms. The summed E-state index contributed by atoms with van der Waals surface area (Å²) in [6.07, 6.45) is 8.28. The predicted octanol–water partition coefficient (Wildman–Crippen LogP) is 3.22. The number of pyridine rings is 1. The molecule has 0 atom stereocenters. The topological polar surface area (TPSA) is 24.1 Å². The second-order valence-electron chi connectivity index (χ2n) is 5.33. The van der Waals surface area contributed by atoms with Crippen LogP contribution in [0.3, 0.4) is 0 Å². The zero-order valence-electron chi connectivity index (χ0n) is 11.6. The van der Waals surface area contributed by atoms with E-state index in [1.165, 1.54) is 27.4 Å². The molecule has 20 heavy (non-hydrogen) atoms. The minimum absolute atomic E-state index is 1.14. The molecule has 4 rings (SSSR count). The lowest BCUT2D eigenvalue weighted by molar-refractivity contribution is -0.658. The highest BCUT2D eigenvalue weighted by Gasteiger charge is 2.14. The van der Waals surface area contributed by atoms with Crippen molar-refractivity contribution in [1.82, 2.24) is 9.38 Å². The molecule has 3 heteroatoms. The Labute approximate surface area is 117 Å². The van der Waals surface area contributed by atoms with Gasteiger partial charge in [0.25, 0.3) is 5.82 Å². The van der Waals surface area contributed by atoms with Gasteiger partial charge in [-0.25, -0.2) is 9.55 Å². The molecule has 98 valence electrons. The van der Waals surface area contributed by atoms with Gasteiger partial charge in [0.1, 0.15) is 12.4 Å². The van der Waals surface area contributed by atoms with E-state index in [9.17, 15) is 0 Å². The number of aryl methyl sites for hydroxylation is 2. The highest BCUT2D eigenvalue weighted by atomic mass is 15.0. The molecule has 0 aliphatic rings. The number of H-pyrrole nitrogens is 1. The first kappa shape index (κ1) is 11.3. The van der Waals surface area contributed by atoms with Gasteiger partial charge in [-0.3, -0.25) is 0 Å². The number of aromatic nitrogens is 3. The standard InChI is InChI=1S/C17H15N3/c1-12-8-14-11-20-6-3-4-15(20)9-13(14)10-16(12)17-18-5-7-19(17)2/h3-11H,1-2H3/p+1. The Bertz CT molecular complexity index is 928. The van der Waals surface area contributed by atoms with Gasteiger partial charge in [-0.05, 0) is 53.6 Å². The number of rotatable bonds is 1. The third kappa shape index (κ3) is 1.56. The number of aromatic amines is 1. The number of benzene rings is 1. The van der Waals surface area contributed by atoms with Crippen LogP contribution in [0.2, 0.25) is 0 Å².